The summed E-state index contributed by atoms with van der Waals surface area (Å²) in [4.78, 5) is 35.1. The van der Waals surface area contributed by atoms with Gasteiger partial charge in [-0.2, -0.15) is 0 Å². The van der Waals surface area contributed by atoms with E-state index in [1.165, 1.54) is 49.6 Å². The molecule has 0 spiro atoms. The predicted molar refractivity (Wildman–Crippen MR) is 91.5 cm³/mol. The highest BCUT2D eigenvalue weighted by Gasteiger charge is 2.15. The SMILES string of the molecule is COC(=O)c1ccc(NC(=O)C(=O)Nc2cc(Cl)cc(Cl)c2)cc1. The van der Waals surface area contributed by atoms with Crippen LogP contribution in [0.3, 0.4) is 0 Å². The van der Waals surface area contributed by atoms with Crippen LogP contribution in [0.4, 0.5) is 11.4 Å². The fourth-order valence-electron chi connectivity index (χ4n) is 1.81. The summed E-state index contributed by atoms with van der Waals surface area (Å²) < 4.78 is 4.57. The van der Waals surface area contributed by atoms with E-state index in [-0.39, 0.29) is 0 Å². The van der Waals surface area contributed by atoms with E-state index >= 15 is 0 Å². The largest absolute Gasteiger partial charge is 0.465 e. The molecule has 0 heterocycles. The number of methoxy groups -OCH3 is 1. The molecule has 2 aromatic rings. The first-order valence-electron chi connectivity index (χ1n) is 6.66. The van der Waals surface area contributed by atoms with Crippen LogP contribution in [-0.2, 0) is 14.3 Å². The molecule has 2 rings (SSSR count). The monoisotopic (exact) mass is 366 g/mol. The summed E-state index contributed by atoms with van der Waals surface area (Å²) in [7, 11) is 1.27. The Hall–Kier alpha value is -2.57. The highest BCUT2D eigenvalue weighted by molar-refractivity contribution is 6.44. The van der Waals surface area contributed by atoms with E-state index in [1.807, 2.05) is 0 Å². The minimum absolute atomic E-state index is 0.300. The van der Waals surface area contributed by atoms with Crippen molar-refractivity contribution >= 4 is 52.4 Å². The lowest BCUT2D eigenvalue weighted by molar-refractivity contribution is -0.132. The van der Waals surface area contributed by atoms with Crippen molar-refractivity contribution in [2.24, 2.45) is 0 Å². The van der Waals surface area contributed by atoms with Crippen LogP contribution >= 0.6 is 23.2 Å². The maximum atomic E-state index is 11.9. The third-order valence-electron chi connectivity index (χ3n) is 2.89. The van der Waals surface area contributed by atoms with Crippen molar-refractivity contribution in [3.8, 4) is 0 Å². The molecule has 0 bridgehead atoms. The Labute approximate surface area is 147 Å². The van der Waals surface area contributed by atoms with Gasteiger partial charge in [-0.05, 0) is 42.5 Å². The van der Waals surface area contributed by atoms with Gasteiger partial charge < -0.3 is 15.4 Å². The van der Waals surface area contributed by atoms with Gasteiger partial charge in [0, 0.05) is 21.4 Å². The fourth-order valence-corrected chi connectivity index (χ4v) is 2.34. The number of hydrogen-bond acceptors (Lipinski definition) is 4. The minimum atomic E-state index is -0.884. The number of hydrogen-bond donors (Lipinski definition) is 2. The quantitative estimate of drug-likeness (QED) is 0.644. The number of esters is 1. The zero-order chi connectivity index (χ0) is 17.7. The Kier molecular flexibility index (Phi) is 5.78. The van der Waals surface area contributed by atoms with Crippen molar-refractivity contribution in [2.45, 2.75) is 0 Å². The van der Waals surface area contributed by atoms with Crippen molar-refractivity contribution in [2.75, 3.05) is 17.7 Å². The molecule has 0 aromatic heterocycles. The zero-order valence-electron chi connectivity index (χ0n) is 12.4. The molecular formula is C16H12Cl2N2O4. The number of ether oxygens (including phenoxy) is 1. The molecule has 6 nitrogen and oxygen atoms in total. The Morgan fingerprint density at radius 1 is 0.833 bits per heavy atom. The summed E-state index contributed by atoms with van der Waals surface area (Å²) >= 11 is 11.6. The second kappa shape index (κ2) is 7.81. The molecular weight excluding hydrogens is 355 g/mol. The van der Waals surface area contributed by atoms with Crippen LogP contribution < -0.4 is 10.6 Å². The maximum absolute atomic E-state index is 11.9. The number of nitrogens with one attached hydrogen (secondary N) is 2. The smallest absolute Gasteiger partial charge is 0.337 e. The van der Waals surface area contributed by atoms with Gasteiger partial charge in [0.05, 0.1) is 12.7 Å². The normalized spacial score (nSPS) is 9.96. The third-order valence-corrected chi connectivity index (χ3v) is 3.33. The Morgan fingerprint density at radius 2 is 1.33 bits per heavy atom. The first-order valence-corrected chi connectivity index (χ1v) is 7.41. The van der Waals surface area contributed by atoms with E-state index in [4.69, 9.17) is 23.2 Å². The summed E-state index contributed by atoms with van der Waals surface area (Å²) in [5, 5.41) is 5.46. The number of anilines is 2. The van der Waals surface area contributed by atoms with Crippen LogP contribution in [0.25, 0.3) is 0 Å². The van der Waals surface area contributed by atoms with Crippen molar-refractivity contribution in [3.63, 3.8) is 0 Å². The standard InChI is InChI=1S/C16H12Cl2N2O4/c1-24-16(23)9-2-4-12(5-3-9)19-14(21)15(22)20-13-7-10(17)6-11(18)8-13/h2-8H,1H3,(H,19,21)(H,20,22). The van der Waals surface area contributed by atoms with Crippen LogP contribution in [0.2, 0.25) is 10.0 Å². The van der Waals surface area contributed by atoms with Crippen LogP contribution in [-0.4, -0.2) is 24.9 Å². The minimum Gasteiger partial charge on any atom is -0.465 e. The summed E-state index contributed by atoms with van der Waals surface area (Å²) in [6, 6.07) is 10.3. The van der Waals surface area contributed by atoms with Gasteiger partial charge >= 0.3 is 17.8 Å². The Morgan fingerprint density at radius 3 is 1.83 bits per heavy atom. The molecule has 0 radical (unpaired) electrons. The number of halogens is 2. The van der Waals surface area contributed by atoms with Crippen molar-refractivity contribution in [1.29, 1.82) is 0 Å². The van der Waals surface area contributed by atoms with E-state index in [2.05, 4.69) is 15.4 Å². The summed E-state index contributed by atoms with van der Waals surface area (Å²) in [5.74, 6) is -2.26. The van der Waals surface area contributed by atoms with Crippen LogP contribution in [0.15, 0.2) is 42.5 Å². The van der Waals surface area contributed by atoms with E-state index in [9.17, 15) is 14.4 Å². The van der Waals surface area contributed by atoms with Crippen molar-refractivity contribution in [1.82, 2.24) is 0 Å². The molecule has 0 aliphatic carbocycles. The molecule has 0 fully saturated rings. The van der Waals surface area contributed by atoms with Gasteiger partial charge in [0.1, 0.15) is 0 Å². The average Bonchev–Trinajstić information content (AvgIpc) is 2.53. The fraction of sp³-hybridized carbons (Fsp3) is 0.0625. The topological polar surface area (TPSA) is 84.5 Å². The molecule has 0 aliphatic rings. The molecule has 0 atom stereocenters. The zero-order valence-corrected chi connectivity index (χ0v) is 13.9. The maximum Gasteiger partial charge on any atom is 0.337 e. The van der Waals surface area contributed by atoms with Gasteiger partial charge in [-0.3, -0.25) is 9.59 Å². The molecule has 8 heteroatoms. The van der Waals surface area contributed by atoms with Crippen molar-refractivity contribution in [3.05, 3.63) is 58.1 Å². The lowest BCUT2D eigenvalue weighted by Gasteiger charge is -2.08. The average molecular weight is 367 g/mol. The summed E-state index contributed by atoms with van der Waals surface area (Å²) in [6.07, 6.45) is 0. The molecule has 124 valence electrons. The second-order valence-corrected chi connectivity index (χ2v) is 5.51. The third kappa shape index (κ3) is 4.71. The predicted octanol–water partition coefficient (Wildman–Crippen LogP) is 3.36. The number of carbonyl (C=O) groups is 3. The van der Waals surface area contributed by atoms with Gasteiger partial charge in [0.25, 0.3) is 0 Å². The number of amides is 2. The molecule has 2 aromatic carbocycles. The van der Waals surface area contributed by atoms with E-state index in [0.717, 1.165) is 0 Å². The number of rotatable bonds is 3. The Bertz CT molecular complexity index is 771. The van der Waals surface area contributed by atoms with Gasteiger partial charge in [-0.25, -0.2) is 4.79 Å². The van der Waals surface area contributed by atoms with Gasteiger partial charge in [0.15, 0.2) is 0 Å². The molecule has 0 saturated carbocycles. The molecule has 24 heavy (non-hydrogen) atoms. The van der Waals surface area contributed by atoms with Gasteiger partial charge in [-0.15, -0.1) is 0 Å². The first-order chi connectivity index (χ1) is 11.4. The van der Waals surface area contributed by atoms with Crippen LogP contribution in [0, 0.1) is 0 Å². The molecule has 0 aliphatic heterocycles. The molecule has 0 saturated heterocycles. The van der Waals surface area contributed by atoms with Crippen LogP contribution in [0.1, 0.15) is 10.4 Å². The molecule has 2 N–H and O–H groups in total. The van der Waals surface area contributed by atoms with Gasteiger partial charge in [-0.1, -0.05) is 23.2 Å². The van der Waals surface area contributed by atoms with E-state index in [1.54, 1.807) is 0 Å². The second-order valence-electron chi connectivity index (χ2n) is 4.64. The van der Waals surface area contributed by atoms with E-state index in [0.29, 0.717) is 27.0 Å². The first kappa shape index (κ1) is 17.8. The highest BCUT2D eigenvalue weighted by atomic mass is 35.5. The lowest BCUT2D eigenvalue weighted by Crippen LogP contribution is -2.29. The lowest BCUT2D eigenvalue weighted by atomic mass is 10.2. The summed E-state index contributed by atoms with van der Waals surface area (Å²) in [5.41, 5.74) is 0.981. The Balaban J connectivity index is 2.01. The molecule has 0 unspecified atom stereocenters. The molecule has 2 amide bonds. The van der Waals surface area contributed by atoms with Gasteiger partial charge in [0.2, 0.25) is 0 Å². The van der Waals surface area contributed by atoms with E-state index < -0.39 is 17.8 Å². The number of benzene rings is 2. The van der Waals surface area contributed by atoms with Crippen LogP contribution in [0.5, 0.6) is 0 Å². The highest BCUT2D eigenvalue weighted by Crippen LogP contribution is 2.22. The number of carbonyl (C=O) groups excluding carboxylic acids is 3. The summed E-state index contributed by atoms with van der Waals surface area (Å²) in [6.45, 7) is 0. The van der Waals surface area contributed by atoms with Crippen molar-refractivity contribution < 1.29 is 19.1 Å².